The van der Waals surface area contributed by atoms with E-state index >= 15 is 0 Å². The summed E-state index contributed by atoms with van der Waals surface area (Å²) in [6.45, 7) is 2.08. The van der Waals surface area contributed by atoms with E-state index in [1.165, 1.54) is 12.8 Å². The molecule has 94 valence electrons. The Bertz CT molecular complexity index is 588. The Morgan fingerprint density at radius 1 is 1.44 bits per heavy atom. The average Bonchev–Trinajstić information content (AvgIpc) is 3.10. The van der Waals surface area contributed by atoms with Gasteiger partial charge in [-0.15, -0.1) is 0 Å². The van der Waals surface area contributed by atoms with Gasteiger partial charge in [0, 0.05) is 6.04 Å². The van der Waals surface area contributed by atoms with E-state index in [0.29, 0.717) is 17.7 Å². The molecular formula is C12H14IN5. The van der Waals surface area contributed by atoms with Crippen molar-refractivity contribution in [2.45, 2.75) is 32.2 Å². The van der Waals surface area contributed by atoms with Gasteiger partial charge >= 0.3 is 0 Å². The van der Waals surface area contributed by atoms with Crippen LogP contribution in [0.1, 0.15) is 31.5 Å². The van der Waals surface area contributed by atoms with Crippen molar-refractivity contribution in [3.8, 4) is 11.5 Å². The number of hydrogen-bond donors (Lipinski definition) is 1. The fourth-order valence-corrected chi connectivity index (χ4v) is 2.61. The Morgan fingerprint density at radius 2 is 2.22 bits per heavy atom. The molecule has 2 N–H and O–H groups in total. The van der Waals surface area contributed by atoms with Crippen LogP contribution in [-0.4, -0.2) is 19.5 Å². The van der Waals surface area contributed by atoms with Crippen molar-refractivity contribution in [1.82, 2.24) is 19.5 Å². The van der Waals surface area contributed by atoms with Crippen LogP contribution in [0, 0.1) is 3.57 Å². The van der Waals surface area contributed by atoms with Gasteiger partial charge in [0.15, 0.2) is 5.82 Å². The quantitative estimate of drug-likeness (QED) is 0.859. The van der Waals surface area contributed by atoms with Crippen LogP contribution in [0.3, 0.4) is 0 Å². The summed E-state index contributed by atoms with van der Waals surface area (Å²) in [6.07, 6.45) is 6.96. The van der Waals surface area contributed by atoms with E-state index in [4.69, 9.17) is 5.73 Å². The lowest BCUT2D eigenvalue weighted by molar-refractivity contribution is 0.742. The molecule has 0 atom stereocenters. The van der Waals surface area contributed by atoms with Gasteiger partial charge in [0.05, 0.1) is 21.8 Å². The topological polar surface area (TPSA) is 69.6 Å². The summed E-state index contributed by atoms with van der Waals surface area (Å²) >= 11 is 2.20. The van der Waals surface area contributed by atoms with Crippen LogP contribution >= 0.6 is 22.6 Å². The summed E-state index contributed by atoms with van der Waals surface area (Å²) in [4.78, 5) is 13.2. The molecule has 0 spiro atoms. The Morgan fingerprint density at radius 3 is 2.89 bits per heavy atom. The van der Waals surface area contributed by atoms with Crippen LogP contribution < -0.4 is 5.73 Å². The summed E-state index contributed by atoms with van der Waals surface area (Å²) in [5, 5.41) is 0. The molecule has 0 amide bonds. The number of nitrogens with zero attached hydrogens (tertiary/aromatic N) is 4. The zero-order valence-electron chi connectivity index (χ0n) is 10.1. The molecule has 1 fully saturated rings. The first-order valence-electron chi connectivity index (χ1n) is 6.04. The molecule has 0 aliphatic heterocycles. The van der Waals surface area contributed by atoms with Crippen LogP contribution in [0.4, 0.5) is 5.82 Å². The minimum absolute atomic E-state index is 0.556. The third kappa shape index (κ3) is 1.98. The van der Waals surface area contributed by atoms with Crippen molar-refractivity contribution in [1.29, 1.82) is 0 Å². The van der Waals surface area contributed by atoms with E-state index in [9.17, 15) is 0 Å². The summed E-state index contributed by atoms with van der Waals surface area (Å²) in [6, 6.07) is 0.566. The minimum atomic E-state index is 0.556. The van der Waals surface area contributed by atoms with Crippen LogP contribution in [0.15, 0.2) is 12.5 Å². The maximum absolute atomic E-state index is 5.96. The molecule has 0 aromatic carbocycles. The molecule has 2 aromatic rings. The highest BCUT2D eigenvalue weighted by atomic mass is 127. The highest BCUT2D eigenvalue weighted by Crippen LogP contribution is 2.37. The zero-order chi connectivity index (χ0) is 12.7. The monoisotopic (exact) mass is 355 g/mol. The third-order valence-electron chi connectivity index (χ3n) is 3.12. The van der Waals surface area contributed by atoms with Gasteiger partial charge in [-0.25, -0.2) is 15.0 Å². The Hall–Kier alpha value is -1.18. The summed E-state index contributed by atoms with van der Waals surface area (Å²) in [7, 11) is 0. The number of rotatable bonds is 3. The second-order valence-electron chi connectivity index (χ2n) is 4.46. The number of aromatic nitrogens is 4. The van der Waals surface area contributed by atoms with E-state index in [-0.39, 0.29) is 0 Å². The maximum Gasteiger partial charge on any atom is 0.180 e. The van der Waals surface area contributed by atoms with Crippen LogP contribution in [0.5, 0.6) is 0 Å². The molecule has 2 aromatic heterocycles. The minimum Gasteiger partial charge on any atom is -0.383 e. The lowest BCUT2D eigenvalue weighted by Gasteiger charge is -2.09. The summed E-state index contributed by atoms with van der Waals surface area (Å²) in [5.74, 6) is 1.25. The van der Waals surface area contributed by atoms with E-state index < -0.39 is 0 Å². The van der Waals surface area contributed by atoms with Gasteiger partial charge in [-0.1, -0.05) is 6.92 Å². The van der Waals surface area contributed by atoms with Gasteiger partial charge in [-0.05, 0) is 41.9 Å². The number of nitrogens with two attached hydrogens (primary N) is 1. The highest BCUT2D eigenvalue weighted by Gasteiger charge is 2.26. The molecule has 0 radical (unpaired) electrons. The first-order chi connectivity index (χ1) is 8.70. The van der Waals surface area contributed by atoms with Crippen LogP contribution in [0.25, 0.3) is 11.5 Å². The van der Waals surface area contributed by atoms with Gasteiger partial charge in [0.2, 0.25) is 0 Å². The number of nitrogen functional groups attached to an aromatic ring is 1. The molecule has 1 aliphatic rings. The number of imidazole rings is 1. The van der Waals surface area contributed by atoms with Gasteiger partial charge in [0.25, 0.3) is 0 Å². The van der Waals surface area contributed by atoms with Crippen molar-refractivity contribution in [2.75, 3.05) is 5.73 Å². The molecule has 0 saturated heterocycles. The number of anilines is 1. The lowest BCUT2D eigenvalue weighted by atomic mass is 10.3. The SMILES string of the molecule is CCc1nc(-c2cncn2C2CC2)nc(N)c1I. The summed E-state index contributed by atoms with van der Waals surface area (Å²) in [5.41, 5.74) is 7.93. The van der Waals surface area contributed by atoms with Crippen molar-refractivity contribution in [2.24, 2.45) is 0 Å². The van der Waals surface area contributed by atoms with Gasteiger partial charge < -0.3 is 10.3 Å². The summed E-state index contributed by atoms with van der Waals surface area (Å²) < 4.78 is 3.11. The van der Waals surface area contributed by atoms with Crippen LogP contribution in [-0.2, 0) is 6.42 Å². The van der Waals surface area contributed by atoms with E-state index in [1.54, 1.807) is 0 Å². The van der Waals surface area contributed by atoms with Crippen LogP contribution in [0.2, 0.25) is 0 Å². The number of aryl methyl sites for hydroxylation is 1. The Labute approximate surface area is 119 Å². The molecule has 1 saturated carbocycles. The first kappa shape index (κ1) is 11.9. The zero-order valence-corrected chi connectivity index (χ0v) is 12.3. The molecule has 18 heavy (non-hydrogen) atoms. The second-order valence-corrected chi connectivity index (χ2v) is 5.54. The smallest absolute Gasteiger partial charge is 0.180 e. The molecule has 5 nitrogen and oxygen atoms in total. The second kappa shape index (κ2) is 4.49. The lowest BCUT2D eigenvalue weighted by Crippen LogP contribution is -2.06. The molecule has 1 aliphatic carbocycles. The van der Waals surface area contributed by atoms with Crippen molar-refractivity contribution >= 4 is 28.4 Å². The van der Waals surface area contributed by atoms with E-state index in [0.717, 1.165) is 21.4 Å². The van der Waals surface area contributed by atoms with Gasteiger partial charge in [-0.2, -0.15) is 0 Å². The van der Waals surface area contributed by atoms with Crippen molar-refractivity contribution in [3.63, 3.8) is 0 Å². The maximum atomic E-state index is 5.96. The van der Waals surface area contributed by atoms with E-state index in [2.05, 4.69) is 49.0 Å². The predicted molar refractivity (Wildman–Crippen MR) is 78.0 cm³/mol. The normalized spacial score (nSPS) is 15.0. The molecule has 6 heteroatoms. The van der Waals surface area contributed by atoms with Crippen molar-refractivity contribution in [3.05, 3.63) is 21.8 Å². The molecule has 2 heterocycles. The Kier molecular flexibility index (Phi) is 2.96. The Balaban J connectivity index is 2.10. The molecule has 3 rings (SSSR count). The average molecular weight is 355 g/mol. The highest BCUT2D eigenvalue weighted by molar-refractivity contribution is 14.1. The molecule has 0 bridgehead atoms. The molecular weight excluding hydrogens is 341 g/mol. The standard InChI is InChI=1S/C12H14IN5/c1-2-8-10(13)11(14)17-12(16-8)9-5-15-6-18(9)7-3-4-7/h5-7H,2-4H2,1H3,(H2,14,16,17). The number of hydrogen-bond acceptors (Lipinski definition) is 4. The van der Waals surface area contributed by atoms with Crippen molar-refractivity contribution < 1.29 is 0 Å². The predicted octanol–water partition coefficient (Wildman–Crippen LogP) is 2.42. The third-order valence-corrected chi connectivity index (χ3v) is 4.29. The fraction of sp³-hybridized carbons (Fsp3) is 0.417. The van der Waals surface area contributed by atoms with E-state index in [1.807, 2.05) is 12.5 Å². The van der Waals surface area contributed by atoms with Gasteiger partial charge in [0.1, 0.15) is 11.5 Å². The largest absolute Gasteiger partial charge is 0.383 e. The number of halogens is 1. The fourth-order valence-electron chi connectivity index (χ4n) is 1.98. The first-order valence-corrected chi connectivity index (χ1v) is 7.12. The molecule has 0 unspecified atom stereocenters. The van der Waals surface area contributed by atoms with Gasteiger partial charge in [-0.3, -0.25) is 0 Å².